The van der Waals surface area contributed by atoms with Crippen molar-refractivity contribution < 1.29 is 24.2 Å². The number of amides is 4. The van der Waals surface area contributed by atoms with E-state index in [1.165, 1.54) is 6.08 Å². The lowest BCUT2D eigenvalue weighted by Gasteiger charge is -2.25. The Bertz CT molecular complexity index is 667. The van der Waals surface area contributed by atoms with Crippen molar-refractivity contribution in [2.45, 2.75) is 0 Å². The lowest BCUT2D eigenvalue weighted by Crippen LogP contribution is -2.54. The summed E-state index contributed by atoms with van der Waals surface area (Å²) in [6.45, 7) is -0.588. The summed E-state index contributed by atoms with van der Waals surface area (Å²) in [5.41, 5.74) is 1.48. The van der Waals surface area contributed by atoms with Crippen molar-refractivity contribution in [3.8, 4) is 0 Å². The van der Waals surface area contributed by atoms with Gasteiger partial charge in [-0.05, 0) is 23.8 Å². The Balaban J connectivity index is 2.21. The van der Waals surface area contributed by atoms with Crippen LogP contribution >= 0.6 is 0 Å². The maximum Gasteiger partial charge on any atom is 0.333 e. The Morgan fingerprint density at radius 1 is 1.21 bits per heavy atom. The van der Waals surface area contributed by atoms with Gasteiger partial charge in [-0.15, -0.1) is 0 Å². The molecule has 1 heterocycles. The molecule has 0 aliphatic carbocycles. The zero-order valence-corrected chi connectivity index (χ0v) is 13.5. The van der Waals surface area contributed by atoms with Crippen LogP contribution in [0.4, 0.5) is 10.5 Å². The third-order valence-corrected chi connectivity index (χ3v) is 3.36. The highest BCUT2D eigenvalue weighted by Crippen LogP contribution is 2.17. The second-order valence-electron chi connectivity index (χ2n) is 5.30. The molecule has 8 nitrogen and oxygen atoms in total. The molecule has 1 aromatic carbocycles. The second-order valence-corrected chi connectivity index (χ2v) is 5.30. The predicted molar refractivity (Wildman–Crippen MR) is 87.0 cm³/mol. The number of hydrogen-bond donors (Lipinski definition) is 2. The van der Waals surface area contributed by atoms with E-state index >= 15 is 0 Å². The summed E-state index contributed by atoms with van der Waals surface area (Å²) >= 11 is 0. The Hall–Kier alpha value is -2.71. The number of barbiturate groups is 1. The number of nitrogens with zero attached hydrogens (tertiary/aromatic N) is 2. The van der Waals surface area contributed by atoms with E-state index in [4.69, 9.17) is 9.84 Å². The van der Waals surface area contributed by atoms with Gasteiger partial charge in [-0.25, -0.2) is 9.69 Å². The van der Waals surface area contributed by atoms with Crippen LogP contribution in [0, 0.1) is 0 Å². The Kier molecular flexibility index (Phi) is 5.67. The van der Waals surface area contributed by atoms with E-state index in [0.717, 1.165) is 10.6 Å². The molecule has 2 rings (SSSR count). The van der Waals surface area contributed by atoms with Gasteiger partial charge in [-0.2, -0.15) is 0 Å². The summed E-state index contributed by atoms with van der Waals surface area (Å²) in [5, 5.41) is 10.8. The first kappa shape index (κ1) is 17.6. The fourth-order valence-corrected chi connectivity index (χ4v) is 2.07. The highest BCUT2D eigenvalue weighted by Gasteiger charge is 2.35. The van der Waals surface area contributed by atoms with Crippen LogP contribution in [0.2, 0.25) is 0 Å². The number of urea groups is 1. The molecule has 2 N–H and O–H groups in total. The van der Waals surface area contributed by atoms with Gasteiger partial charge in [0.1, 0.15) is 12.3 Å². The van der Waals surface area contributed by atoms with Gasteiger partial charge in [0.2, 0.25) is 0 Å². The molecule has 0 unspecified atom stereocenters. The van der Waals surface area contributed by atoms with Crippen LogP contribution in [-0.2, 0) is 14.3 Å². The first-order valence-electron chi connectivity index (χ1n) is 7.29. The number of carbonyl (C=O) groups excluding carboxylic acids is 3. The van der Waals surface area contributed by atoms with Crippen molar-refractivity contribution in [1.82, 2.24) is 10.2 Å². The highest BCUT2D eigenvalue weighted by molar-refractivity contribution is 6.30. The minimum Gasteiger partial charge on any atom is -0.394 e. The molecular weight excluding hydrogens is 314 g/mol. The molecule has 128 valence electrons. The Labute approximate surface area is 139 Å². The molecule has 4 amide bonds. The van der Waals surface area contributed by atoms with Gasteiger partial charge in [0.25, 0.3) is 11.8 Å². The van der Waals surface area contributed by atoms with Gasteiger partial charge in [0.15, 0.2) is 0 Å². The SMILES string of the molecule is CN(C)c1ccc(/C=C2\C(=O)NC(=O)N(COCCO)C2=O)cc1. The number of aliphatic hydroxyl groups excluding tert-OH is 1. The van der Waals surface area contributed by atoms with Gasteiger partial charge in [-0.3, -0.25) is 14.9 Å². The van der Waals surface area contributed by atoms with Crippen LogP contribution in [0.5, 0.6) is 0 Å². The molecule has 1 fully saturated rings. The van der Waals surface area contributed by atoms with Gasteiger partial charge >= 0.3 is 6.03 Å². The molecule has 0 bridgehead atoms. The molecule has 1 aromatic rings. The van der Waals surface area contributed by atoms with Crippen LogP contribution in [0.1, 0.15) is 5.56 Å². The maximum absolute atomic E-state index is 12.3. The third-order valence-electron chi connectivity index (χ3n) is 3.36. The number of anilines is 1. The number of hydrogen-bond acceptors (Lipinski definition) is 6. The quantitative estimate of drug-likeness (QED) is 0.438. The minimum atomic E-state index is -0.844. The van der Waals surface area contributed by atoms with Crippen molar-refractivity contribution >= 4 is 29.6 Å². The molecule has 0 aromatic heterocycles. The molecule has 0 atom stereocenters. The second kappa shape index (κ2) is 7.71. The summed E-state index contributed by atoms with van der Waals surface area (Å²) in [5.74, 6) is -1.49. The smallest absolute Gasteiger partial charge is 0.333 e. The summed E-state index contributed by atoms with van der Waals surface area (Å²) in [6.07, 6.45) is 1.42. The molecule has 1 aliphatic rings. The Morgan fingerprint density at radius 2 is 1.88 bits per heavy atom. The van der Waals surface area contributed by atoms with E-state index < -0.39 is 17.8 Å². The number of rotatable bonds is 6. The maximum atomic E-state index is 12.3. The van der Waals surface area contributed by atoms with Gasteiger partial charge in [0.05, 0.1) is 13.2 Å². The molecule has 1 aliphatic heterocycles. The van der Waals surface area contributed by atoms with Crippen molar-refractivity contribution in [2.75, 3.05) is 38.9 Å². The molecule has 24 heavy (non-hydrogen) atoms. The van der Waals surface area contributed by atoms with Gasteiger partial charge in [-0.1, -0.05) is 12.1 Å². The van der Waals surface area contributed by atoms with Crippen molar-refractivity contribution in [3.63, 3.8) is 0 Å². The Morgan fingerprint density at radius 3 is 2.46 bits per heavy atom. The fourth-order valence-electron chi connectivity index (χ4n) is 2.07. The topological polar surface area (TPSA) is 99.2 Å². The minimum absolute atomic E-state index is 0.0178. The number of aliphatic hydroxyl groups is 1. The van der Waals surface area contributed by atoms with Crippen LogP contribution < -0.4 is 10.2 Å². The van der Waals surface area contributed by atoms with Crippen LogP contribution in [0.25, 0.3) is 6.08 Å². The fraction of sp³-hybridized carbons (Fsp3) is 0.312. The van der Waals surface area contributed by atoms with E-state index in [0.29, 0.717) is 5.56 Å². The highest BCUT2D eigenvalue weighted by atomic mass is 16.5. The largest absolute Gasteiger partial charge is 0.394 e. The first-order chi connectivity index (χ1) is 11.4. The lowest BCUT2D eigenvalue weighted by molar-refractivity contribution is -0.133. The zero-order chi connectivity index (χ0) is 17.7. The monoisotopic (exact) mass is 333 g/mol. The van der Waals surface area contributed by atoms with Gasteiger partial charge in [0, 0.05) is 19.8 Å². The number of imide groups is 2. The van der Waals surface area contributed by atoms with Crippen molar-refractivity contribution in [3.05, 3.63) is 35.4 Å². The van der Waals surface area contributed by atoms with E-state index in [1.807, 2.05) is 31.1 Å². The number of ether oxygens (including phenoxy) is 1. The van der Waals surface area contributed by atoms with Crippen LogP contribution in [0.3, 0.4) is 0 Å². The van der Waals surface area contributed by atoms with Crippen LogP contribution in [-0.4, -0.2) is 61.9 Å². The summed E-state index contributed by atoms with van der Waals surface area (Å²) in [7, 11) is 3.81. The molecule has 1 saturated heterocycles. The normalized spacial score (nSPS) is 16.5. The molecule has 0 spiro atoms. The summed E-state index contributed by atoms with van der Waals surface area (Å²) in [6, 6.07) is 6.40. The third kappa shape index (κ3) is 3.98. The van der Waals surface area contributed by atoms with E-state index in [-0.39, 0.29) is 25.5 Å². The van der Waals surface area contributed by atoms with Crippen LogP contribution in [0.15, 0.2) is 29.8 Å². The molecular formula is C16H19N3O5. The van der Waals surface area contributed by atoms with E-state index in [9.17, 15) is 14.4 Å². The zero-order valence-electron chi connectivity index (χ0n) is 13.5. The predicted octanol–water partition coefficient (Wildman–Crippen LogP) is 0.181. The first-order valence-corrected chi connectivity index (χ1v) is 7.29. The van der Waals surface area contributed by atoms with E-state index in [1.54, 1.807) is 12.1 Å². The van der Waals surface area contributed by atoms with Crippen molar-refractivity contribution in [2.24, 2.45) is 0 Å². The summed E-state index contributed by atoms with van der Waals surface area (Å²) in [4.78, 5) is 38.7. The van der Waals surface area contributed by atoms with E-state index in [2.05, 4.69) is 5.32 Å². The molecule has 0 radical (unpaired) electrons. The molecule has 8 heteroatoms. The standard InChI is InChI=1S/C16H19N3O5/c1-18(2)12-5-3-11(4-6-12)9-13-14(21)17-16(23)19(15(13)22)10-24-8-7-20/h3-6,9,20H,7-8,10H2,1-2H3,(H,17,21,23)/b13-9+. The number of carbonyl (C=O) groups is 3. The summed E-state index contributed by atoms with van der Waals surface area (Å²) < 4.78 is 4.99. The number of benzene rings is 1. The van der Waals surface area contributed by atoms with Gasteiger partial charge < -0.3 is 14.7 Å². The average molecular weight is 333 g/mol. The van der Waals surface area contributed by atoms with Crippen molar-refractivity contribution in [1.29, 1.82) is 0 Å². The average Bonchev–Trinajstić information content (AvgIpc) is 2.55. The lowest BCUT2D eigenvalue weighted by atomic mass is 10.1. The molecule has 0 saturated carbocycles. The number of nitrogens with one attached hydrogen (secondary N) is 1.